The number of hydrogen-bond donors (Lipinski definition) is 0. The second-order valence-corrected chi connectivity index (χ2v) is 5.92. The van der Waals surface area contributed by atoms with Crippen LogP contribution in [0.3, 0.4) is 0 Å². The van der Waals surface area contributed by atoms with Crippen LogP contribution in [-0.2, 0) is 0 Å². The second-order valence-electron chi connectivity index (χ2n) is 4.69. The van der Waals surface area contributed by atoms with Gasteiger partial charge in [-0.25, -0.2) is 4.98 Å². The number of nitrogens with zero attached hydrogens (tertiary/aromatic N) is 1. The molecule has 0 amide bonds. The van der Waals surface area contributed by atoms with Crippen LogP contribution in [0.5, 0.6) is 5.75 Å². The van der Waals surface area contributed by atoms with Crippen molar-refractivity contribution >= 4 is 17.6 Å². The van der Waals surface area contributed by atoms with E-state index in [4.69, 9.17) is 4.74 Å². The van der Waals surface area contributed by atoms with E-state index < -0.39 is 0 Å². The highest BCUT2D eigenvalue weighted by Gasteiger charge is 2.15. The van der Waals surface area contributed by atoms with Gasteiger partial charge in [0.2, 0.25) is 0 Å². The summed E-state index contributed by atoms with van der Waals surface area (Å²) in [4.78, 5) is 16.3. The molecular weight excluding hydrogens is 258 g/mol. The zero-order valence-electron chi connectivity index (χ0n) is 11.6. The minimum absolute atomic E-state index is 0.439. The van der Waals surface area contributed by atoms with Crippen LogP contribution < -0.4 is 4.74 Å². The minimum atomic E-state index is 0.439. The van der Waals surface area contributed by atoms with Gasteiger partial charge in [0.05, 0.1) is 12.8 Å². The maximum atomic E-state index is 10.8. The number of aldehydes is 1. The summed E-state index contributed by atoms with van der Waals surface area (Å²) in [7, 11) is 1.65. The summed E-state index contributed by atoms with van der Waals surface area (Å²) in [5, 5.41) is 0.504. The van der Waals surface area contributed by atoms with Crippen LogP contribution in [0, 0.1) is 6.92 Å². The van der Waals surface area contributed by atoms with Gasteiger partial charge in [-0.15, -0.1) is 11.3 Å². The van der Waals surface area contributed by atoms with Gasteiger partial charge in [-0.2, -0.15) is 0 Å². The van der Waals surface area contributed by atoms with Gasteiger partial charge in [-0.1, -0.05) is 19.9 Å². The Labute approximate surface area is 117 Å². The first kappa shape index (κ1) is 13.7. The third kappa shape index (κ3) is 2.68. The monoisotopic (exact) mass is 275 g/mol. The number of carbonyl (C=O) groups is 1. The van der Waals surface area contributed by atoms with Crippen LogP contribution in [0.4, 0.5) is 0 Å². The van der Waals surface area contributed by atoms with Gasteiger partial charge >= 0.3 is 0 Å². The normalized spacial score (nSPS) is 10.8. The van der Waals surface area contributed by atoms with E-state index in [1.54, 1.807) is 7.11 Å². The number of ether oxygens (including phenoxy) is 1. The molecule has 2 aromatic rings. The standard InChI is InChI=1S/C15H17NO2S/c1-9(2)11-5-6-13(18-4)12(7-11)15-10(3)19-14(8-17)16-15/h5-9H,1-4H3. The van der Waals surface area contributed by atoms with Crippen LogP contribution in [0.15, 0.2) is 18.2 Å². The molecule has 0 aliphatic carbocycles. The Morgan fingerprint density at radius 1 is 1.37 bits per heavy atom. The molecule has 0 unspecified atom stereocenters. The molecule has 4 heteroatoms. The molecule has 0 atom stereocenters. The molecule has 0 N–H and O–H groups in total. The number of aromatic nitrogens is 1. The molecule has 19 heavy (non-hydrogen) atoms. The maximum Gasteiger partial charge on any atom is 0.178 e. The van der Waals surface area contributed by atoms with Crippen molar-refractivity contribution in [2.24, 2.45) is 0 Å². The fraction of sp³-hybridized carbons (Fsp3) is 0.333. The third-order valence-corrected chi connectivity index (χ3v) is 3.96. The Bertz CT molecular complexity index is 602. The average molecular weight is 275 g/mol. The Morgan fingerprint density at radius 3 is 2.63 bits per heavy atom. The third-order valence-electron chi connectivity index (χ3n) is 3.06. The van der Waals surface area contributed by atoms with Crippen molar-refractivity contribution in [1.29, 1.82) is 0 Å². The van der Waals surface area contributed by atoms with Crippen LogP contribution in [0.2, 0.25) is 0 Å². The minimum Gasteiger partial charge on any atom is -0.496 e. The molecule has 0 saturated carbocycles. The second kappa shape index (κ2) is 5.53. The predicted molar refractivity (Wildman–Crippen MR) is 78.3 cm³/mol. The lowest BCUT2D eigenvalue weighted by Gasteiger charge is -2.12. The van der Waals surface area contributed by atoms with Crippen molar-refractivity contribution < 1.29 is 9.53 Å². The van der Waals surface area contributed by atoms with Gasteiger partial charge in [0.25, 0.3) is 0 Å². The molecule has 0 bridgehead atoms. The average Bonchev–Trinajstić information content (AvgIpc) is 2.79. The van der Waals surface area contributed by atoms with E-state index in [2.05, 4.69) is 31.0 Å². The molecule has 1 heterocycles. The zero-order valence-corrected chi connectivity index (χ0v) is 12.4. The summed E-state index contributed by atoms with van der Waals surface area (Å²) >= 11 is 1.41. The van der Waals surface area contributed by atoms with E-state index in [0.717, 1.165) is 28.2 Å². The largest absolute Gasteiger partial charge is 0.496 e. The lowest BCUT2D eigenvalue weighted by Crippen LogP contribution is -1.94. The quantitative estimate of drug-likeness (QED) is 0.790. The summed E-state index contributed by atoms with van der Waals surface area (Å²) < 4.78 is 5.41. The highest BCUT2D eigenvalue weighted by atomic mass is 32.1. The summed E-state index contributed by atoms with van der Waals surface area (Å²) in [5.74, 6) is 1.23. The van der Waals surface area contributed by atoms with Crippen molar-refractivity contribution in [2.45, 2.75) is 26.7 Å². The van der Waals surface area contributed by atoms with E-state index in [1.807, 2.05) is 13.0 Å². The topological polar surface area (TPSA) is 39.2 Å². The molecular formula is C15H17NO2S. The summed E-state index contributed by atoms with van der Waals surface area (Å²) in [6.07, 6.45) is 0.792. The molecule has 0 aliphatic rings. The van der Waals surface area contributed by atoms with Gasteiger partial charge in [0.1, 0.15) is 5.75 Å². The molecule has 100 valence electrons. The lowest BCUT2D eigenvalue weighted by atomic mass is 9.98. The molecule has 0 fully saturated rings. The fourth-order valence-electron chi connectivity index (χ4n) is 1.99. The summed E-state index contributed by atoms with van der Waals surface area (Å²) in [6.45, 7) is 6.27. The molecule has 3 nitrogen and oxygen atoms in total. The molecule has 0 spiro atoms. The number of hydrogen-bond acceptors (Lipinski definition) is 4. The van der Waals surface area contributed by atoms with Crippen molar-refractivity contribution in [3.8, 4) is 17.0 Å². The molecule has 0 aliphatic heterocycles. The number of thiazole rings is 1. The molecule has 0 radical (unpaired) electrons. The summed E-state index contributed by atoms with van der Waals surface area (Å²) in [6, 6.07) is 6.12. The number of aryl methyl sites for hydroxylation is 1. The number of rotatable bonds is 4. The molecule has 1 aromatic heterocycles. The zero-order chi connectivity index (χ0) is 14.0. The van der Waals surface area contributed by atoms with Crippen LogP contribution in [0.25, 0.3) is 11.3 Å². The lowest BCUT2D eigenvalue weighted by molar-refractivity contribution is 0.112. The van der Waals surface area contributed by atoms with Gasteiger partial charge in [-0.3, -0.25) is 4.79 Å². The summed E-state index contributed by atoms with van der Waals surface area (Å²) in [5.41, 5.74) is 3.03. The Kier molecular flexibility index (Phi) is 4.00. The molecule has 1 aromatic carbocycles. The smallest absolute Gasteiger partial charge is 0.178 e. The fourth-order valence-corrected chi connectivity index (χ4v) is 2.74. The first-order valence-electron chi connectivity index (χ1n) is 6.17. The van der Waals surface area contributed by atoms with E-state index in [9.17, 15) is 4.79 Å². The highest BCUT2D eigenvalue weighted by molar-refractivity contribution is 7.13. The van der Waals surface area contributed by atoms with E-state index in [-0.39, 0.29) is 0 Å². The predicted octanol–water partition coefficient (Wildman–Crippen LogP) is 4.06. The van der Waals surface area contributed by atoms with Crippen LogP contribution in [0.1, 0.15) is 40.0 Å². The van der Waals surface area contributed by atoms with Crippen molar-refractivity contribution in [3.05, 3.63) is 33.6 Å². The maximum absolute atomic E-state index is 10.8. The molecule has 2 rings (SSSR count). The van der Waals surface area contributed by atoms with Crippen LogP contribution >= 0.6 is 11.3 Å². The van der Waals surface area contributed by atoms with Gasteiger partial charge in [0, 0.05) is 10.4 Å². The highest BCUT2D eigenvalue weighted by Crippen LogP contribution is 2.35. The SMILES string of the molecule is COc1ccc(C(C)C)cc1-c1nc(C=O)sc1C. The molecule has 0 saturated heterocycles. The van der Waals surface area contributed by atoms with Crippen molar-refractivity contribution in [2.75, 3.05) is 7.11 Å². The van der Waals surface area contributed by atoms with Crippen molar-refractivity contribution in [3.63, 3.8) is 0 Å². The number of benzene rings is 1. The first-order valence-corrected chi connectivity index (χ1v) is 6.99. The van der Waals surface area contributed by atoms with Crippen molar-refractivity contribution in [1.82, 2.24) is 4.98 Å². The van der Waals surface area contributed by atoms with E-state index in [0.29, 0.717) is 10.9 Å². The number of methoxy groups -OCH3 is 1. The van der Waals surface area contributed by atoms with Crippen LogP contribution in [-0.4, -0.2) is 18.4 Å². The Balaban J connectivity index is 2.60. The first-order chi connectivity index (χ1) is 9.06. The van der Waals surface area contributed by atoms with Gasteiger partial charge in [0.15, 0.2) is 11.3 Å². The van der Waals surface area contributed by atoms with Gasteiger partial charge < -0.3 is 4.74 Å². The van der Waals surface area contributed by atoms with E-state index >= 15 is 0 Å². The Morgan fingerprint density at radius 2 is 2.11 bits per heavy atom. The van der Waals surface area contributed by atoms with Gasteiger partial charge in [-0.05, 0) is 30.5 Å². The Hall–Kier alpha value is -1.68. The number of carbonyl (C=O) groups excluding carboxylic acids is 1. The van der Waals surface area contributed by atoms with E-state index in [1.165, 1.54) is 16.9 Å².